The number of ether oxygens (including phenoxy) is 3. The van der Waals surface area contributed by atoms with E-state index in [9.17, 15) is 14.4 Å². The fourth-order valence-corrected chi connectivity index (χ4v) is 5.76. The van der Waals surface area contributed by atoms with Crippen LogP contribution in [0.2, 0.25) is 5.02 Å². The molecule has 4 rings (SSSR count). The summed E-state index contributed by atoms with van der Waals surface area (Å²) >= 11 is 10.9. The van der Waals surface area contributed by atoms with E-state index in [0.717, 1.165) is 0 Å². The Morgan fingerprint density at radius 3 is 2.63 bits per heavy atom. The maximum Gasteiger partial charge on any atom is 0.341 e. The van der Waals surface area contributed by atoms with Crippen molar-refractivity contribution in [2.45, 2.75) is 19.9 Å². The number of fused-ring (bicyclic) bond motifs is 1. The highest BCUT2D eigenvalue weighted by atomic mass is 79.9. The van der Waals surface area contributed by atoms with Crippen LogP contribution in [0.25, 0.3) is 6.08 Å². The van der Waals surface area contributed by atoms with Crippen LogP contribution in [0.5, 0.6) is 11.5 Å². The number of rotatable bonds is 8. The average molecular weight is 622 g/mol. The molecule has 1 aliphatic heterocycles. The van der Waals surface area contributed by atoms with Gasteiger partial charge in [0.2, 0.25) is 0 Å². The molecule has 198 valence electrons. The molecule has 0 saturated heterocycles. The van der Waals surface area contributed by atoms with Gasteiger partial charge in [-0.2, -0.15) is 0 Å². The molecular weight excluding hydrogens is 600 g/mol. The molecule has 0 spiro atoms. The van der Waals surface area contributed by atoms with Crippen LogP contribution in [0.15, 0.2) is 61.9 Å². The third kappa shape index (κ3) is 5.54. The number of aromatic nitrogens is 1. The number of halogens is 2. The van der Waals surface area contributed by atoms with Gasteiger partial charge in [0, 0.05) is 10.6 Å². The number of thiazole rings is 1. The SMILES string of the molecule is CCOC(=O)C1=C(C)N=c2s/c(=C\c3ccc(OCC(=O)O)c(Br)c3)c(=O)n2[C@H]1c1cc(Cl)ccc1OC. The molecule has 0 saturated carbocycles. The molecule has 1 aliphatic rings. The van der Waals surface area contributed by atoms with Gasteiger partial charge in [-0.05, 0) is 71.7 Å². The molecule has 2 heterocycles. The number of aliphatic carboxylic acids is 1. The van der Waals surface area contributed by atoms with Gasteiger partial charge in [-0.15, -0.1) is 0 Å². The Bertz CT molecular complexity index is 1640. The smallest absolute Gasteiger partial charge is 0.341 e. The monoisotopic (exact) mass is 620 g/mol. The van der Waals surface area contributed by atoms with Crippen LogP contribution in [0.1, 0.15) is 31.0 Å². The highest BCUT2D eigenvalue weighted by Crippen LogP contribution is 2.37. The zero-order chi connectivity index (χ0) is 27.6. The van der Waals surface area contributed by atoms with Gasteiger partial charge < -0.3 is 19.3 Å². The lowest BCUT2D eigenvalue weighted by Crippen LogP contribution is -2.40. The second kappa shape index (κ2) is 11.5. The molecular formula is C26H22BrClN2O7S. The third-order valence-electron chi connectivity index (χ3n) is 5.61. The lowest BCUT2D eigenvalue weighted by Gasteiger charge is -2.26. The first kappa shape index (κ1) is 27.6. The number of esters is 1. The van der Waals surface area contributed by atoms with Crippen LogP contribution < -0.4 is 24.4 Å². The number of carbonyl (C=O) groups excluding carboxylic acids is 1. The first-order valence-electron chi connectivity index (χ1n) is 11.3. The topological polar surface area (TPSA) is 116 Å². The molecule has 3 aromatic rings. The van der Waals surface area contributed by atoms with E-state index >= 15 is 0 Å². The molecule has 2 aromatic carbocycles. The molecule has 0 bridgehead atoms. The summed E-state index contributed by atoms with van der Waals surface area (Å²) in [5, 5.41) is 9.25. The molecule has 0 amide bonds. The van der Waals surface area contributed by atoms with Crippen molar-refractivity contribution in [1.29, 1.82) is 0 Å². The van der Waals surface area contributed by atoms with Gasteiger partial charge in [0.05, 0.1) is 34.0 Å². The van der Waals surface area contributed by atoms with E-state index in [-0.39, 0.29) is 17.7 Å². The molecule has 9 nitrogen and oxygen atoms in total. The van der Waals surface area contributed by atoms with E-state index < -0.39 is 24.6 Å². The summed E-state index contributed by atoms with van der Waals surface area (Å²) in [5.74, 6) is -0.874. The third-order valence-corrected chi connectivity index (χ3v) is 7.45. The Kier molecular flexibility index (Phi) is 8.39. The molecule has 1 atom stereocenters. The zero-order valence-electron chi connectivity index (χ0n) is 20.5. The largest absolute Gasteiger partial charge is 0.496 e. The minimum absolute atomic E-state index is 0.153. The van der Waals surface area contributed by atoms with Crippen LogP contribution in [-0.4, -0.2) is 41.9 Å². The fraction of sp³-hybridized carbons (Fsp3) is 0.231. The van der Waals surface area contributed by atoms with E-state index in [2.05, 4.69) is 20.9 Å². The van der Waals surface area contributed by atoms with Crippen molar-refractivity contribution < 1.29 is 28.9 Å². The lowest BCUT2D eigenvalue weighted by molar-refractivity contribution is -0.140. The van der Waals surface area contributed by atoms with Gasteiger partial charge in [0.25, 0.3) is 5.56 Å². The number of benzene rings is 2. The molecule has 0 fully saturated rings. The molecule has 0 radical (unpaired) electrons. The minimum atomic E-state index is -1.09. The number of methoxy groups -OCH3 is 1. The van der Waals surface area contributed by atoms with E-state index in [0.29, 0.717) is 47.2 Å². The average Bonchev–Trinajstić information content (AvgIpc) is 3.16. The summed E-state index contributed by atoms with van der Waals surface area (Å²) in [6.07, 6.45) is 1.69. The molecule has 0 aliphatic carbocycles. The van der Waals surface area contributed by atoms with Crippen LogP contribution >= 0.6 is 38.9 Å². The maximum absolute atomic E-state index is 13.8. The number of allylic oxidation sites excluding steroid dienone is 1. The van der Waals surface area contributed by atoms with Crippen LogP contribution in [0, 0.1) is 0 Å². The Balaban J connectivity index is 1.89. The Morgan fingerprint density at radius 2 is 1.97 bits per heavy atom. The molecule has 1 aromatic heterocycles. The predicted molar refractivity (Wildman–Crippen MR) is 146 cm³/mol. The van der Waals surface area contributed by atoms with E-state index in [1.165, 1.54) is 23.0 Å². The van der Waals surface area contributed by atoms with Crippen molar-refractivity contribution >= 4 is 56.9 Å². The van der Waals surface area contributed by atoms with Crippen molar-refractivity contribution in [2.75, 3.05) is 20.3 Å². The minimum Gasteiger partial charge on any atom is -0.496 e. The first-order valence-corrected chi connectivity index (χ1v) is 13.3. The van der Waals surface area contributed by atoms with Crippen molar-refractivity contribution in [3.63, 3.8) is 0 Å². The van der Waals surface area contributed by atoms with E-state index in [1.807, 2.05) is 0 Å². The number of hydrogen-bond acceptors (Lipinski definition) is 8. The predicted octanol–water partition coefficient (Wildman–Crippen LogP) is 3.69. The summed E-state index contributed by atoms with van der Waals surface area (Å²) in [6.45, 7) is 3.07. The summed E-state index contributed by atoms with van der Waals surface area (Å²) in [6, 6.07) is 9.15. The van der Waals surface area contributed by atoms with Gasteiger partial charge in [0.1, 0.15) is 17.5 Å². The molecule has 1 N–H and O–H groups in total. The lowest BCUT2D eigenvalue weighted by atomic mass is 9.95. The van der Waals surface area contributed by atoms with Gasteiger partial charge in [-0.25, -0.2) is 14.6 Å². The number of carbonyl (C=O) groups is 2. The van der Waals surface area contributed by atoms with Crippen LogP contribution in [0.4, 0.5) is 0 Å². The molecule has 38 heavy (non-hydrogen) atoms. The Morgan fingerprint density at radius 1 is 1.24 bits per heavy atom. The second-order valence-electron chi connectivity index (χ2n) is 8.06. The number of nitrogens with zero attached hydrogens (tertiary/aromatic N) is 2. The van der Waals surface area contributed by atoms with Crippen molar-refractivity contribution in [1.82, 2.24) is 4.57 Å². The van der Waals surface area contributed by atoms with E-state index in [4.69, 9.17) is 30.9 Å². The normalized spacial score (nSPS) is 15.1. The Labute approximate surface area is 234 Å². The van der Waals surface area contributed by atoms with E-state index in [1.54, 1.807) is 56.3 Å². The van der Waals surface area contributed by atoms with Gasteiger partial charge >= 0.3 is 11.9 Å². The standard InChI is InChI=1S/C26H22BrClN2O7S/c1-4-36-25(34)22-13(2)29-26-30(23(22)16-11-15(28)6-8-18(16)35-3)24(33)20(38-26)10-14-5-7-19(17(27)9-14)37-12-21(31)32/h5-11,23H,4,12H2,1-3H3,(H,31,32)/b20-10-/t23-/m0/s1. The summed E-state index contributed by atoms with van der Waals surface area (Å²) in [4.78, 5) is 42.6. The van der Waals surface area contributed by atoms with Gasteiger partial charge in [0.15, 0.2) is 11.4 Å². The highest BCUT2D eigenvalue weighted by Gasteiger charge is 2.35. The zero-order valence-corrected chi connectivity index (χ0v) is 23.6. The molecule has 0 unspecified atom stereocenters. The number of carboxylic acids is 1. The number of hydrogen-bond donors (Lipinski definition) is 1. The Hall–Kier alpha value is -3.41. The van der Waals surface area contributed by atoms with Crippen LogP contribution in [-0.2, 0) is 14.3 Å². The summed E-state index contributed by atoms with van der Waals surface area (Å²) in [7, 11) is 1.50. The van der Waals surface area contributed by atoms with Gasteiger partial charge in [-0.3, -0.25) is 9.36 Å². The van der Waals surface area contributed by atoms with Crippen molar-refractivity contribution in [3.8, 4) is 11.5 Å². The quantitative estimate of drug-likeness (QED) is 0.382. The molecule has 12 heteroatoms. The van der Waals surface area contributed by atoms with Crippen molar-refractivity contribution in [3.05, 3.63) is 88.0 Å². The highest BCUT2D eigenvalue weighted by molar-refractivity contribution is 9.10. The van der Waals surface area contributed by atoms with Crippen LogP contribution in [0.3, 0.4) is 0 Å². The summed E-state index contributed by atoms with van der Waals surface area (Å²) in [5.41, 5.74) is 1.47. The fourth-order valence-electron chi connectivity index (χ4n) is 4.02. The maximum atomic E-state index is 13.8. The second-order valence-corrected chi connectivity index (χ2v) is 10.4. The first-order chi connectivity index (χ1) is 18.1. The van der Waals surface area contributed by atoms with Crippen molar-refractivity contribution in [2.24, 2.45) is 4.99 Å². The number of carboxylic acid groups (broad SMARTS) is 1. The van der Waals surface area contributed by atoms with Gasteiger partial charge in [-0.1, -0.05) is 29.0 Å². The summed E-state index contributed by atoms with van der Waals surface area (Å²) < 4.78 is 18.5.